The molecule has 0 saturated carbocycles. The zero-order chi connectivity index (χ0) is 19.2. The first-order valence-corrected chi connectivity index (χ1v) is 9.35. The molecular weight excluding hydrogens is 384 g/mol. The summed E-state index contributed by atoms with van der Waals surface area (Å²) in [5.41, 5.74) is 2.09. The lowest BCUT2D eigenvalue weighted by atomic mass is 10.1. The Morgan fingerprint density at radius 1 is 1.11 bits per heavy atom. The summed E-state index contributed by atoms with van der Waals surface area (Å²) >= 11 is 0. The van der Waals surface area contributed by atoms with E-state index in [4.69, 9.17) is 5.11 Å². The van der Waals surface area contributed by atoms with Gasteiger partial charge < -0.3 is 15.3 Å². The minimum atomic E-state index is -0.769. The molecule has 2 aliphatic rings. The fourth-order valence-electron chi connectivity index (χ4n) is 3.45. The van der Waals surface area contributed by atoms with Gasteiger partial charge in [0.2, 0.25) is 11.8 Å². The van der Waals surface area contributed by atoms with Crippen LogP contribution in [0.4, 0.5) is 5.69 Å². The highest BCUT2D eigenvalue weighted by Crippen LogP contribution is 2.15. The van der Waals surface area contributed by atoms with Gasteiger partial charge in [-0.2, -0.15) is 0 Å². The van der Waals surface area contributed by atoms with Crippen molar-refractivity contribution in [3.8, 4) is 0 Å². The summed E-state index contributed by atoms with van der Waals surface area (Å²) in [6.45, 7) is 4.43. The number of carbonyl (C=O) groups excluding carboxylic acids is 2. The Hall–Kier alpha value is -2.16. The summed E-state index contributed by atoms with van der Waals surface area (Å²) < 4.78 is 0. The molecule has 2 fully saturated rings. The number of anilines is 1. The number of hydrogen-bond donors (Lipinski definition) is 3. The molecule has 3 rings (SSSR count). The fraction of sp³-hybridized carbons (Fsp3) is 0.526. The SMILES string of the molecule is Cl.O=C(O)CN1CCN(CCc2ccc(NC3CCC(=O)NC3=O)cc2)CC1. The van der Waals surface area contributed by atoms with Gasteiger partial charge in [0.05, 0.1) is 6.54 Å². The second kappa shape index (κ2) is 10.4. The number of hydrogen-bond acceptors (Lipinski definition) is 6. The maximum atomic E-state index is 11.8. The molecule has 1 aromatic carbocycles. The highest BCUT2D eigenvalue weighted by Gasteiger charge is 2.26. The van der Waals surface area contributed by atoms with Gasteiger partial charge in [-0.1, -0.05) is 12.1 Å². The van der Waals surface area contributed by atoms with Gasteiger partial charge in [0.15, 0.2) is 0 Å². The molecular formula is C19H27ClN4O4. The van der Waals surface area contributed by atoms with Gasteiger partial charge in [-0.25, -0.2) is 0 Å². The highest BCUT2D eigenvalue weighted by atomic mass is 35.5. The van der Waals surface area contributed by atoms with Crippen LogP contribution in [0.25, 0.3) is 0 Å². The summed E-state index contributed by atoms with van der Waals surface area (Å²) in [6, 6.07) is 7.66. The molecule has 1 aromatic rings. The maximum Gasteiger partial charge on any atom is 0.317 e. The van der Waals surface area contributed by atoms with Crippen LogP contribution in [-0.4, -0.2) is 78.0 Å². The summed E-state index contributed by atoms with van der Waals surface area (Å²) in [7, 11) is 0. The molecule has 2 aliphatic heterocycles. The summed E-state index contributed by atoms with van der Waals surface area (Å²) in [5.74, 6) is -1.25. The molecule has 154 valence electrons. The topological polar surface area (TPSA) is 102 Å². The van der Waals surface area contributed by atoms with Crippen molar-refractivity contribution in [1.29, 1.82) is 0 Å². The van der Waals surface area contributed by atoms with Crippen molar-refractivity contribution in [1.82, 2.24) is 15.1 Å². The van der Waals surface area contributed by atoms with Gasteiger partial charge >= 0.3 is 5.97 Å². The third-order valence-electron chi connectivity index (χ3n) is 5.07. The normalized spacial score (nSPS) is 20.9. The molecule has 0 bridgehead atoms. The number of benzene rings is 1. The Morgan fingerprint density at radius 2 is 1.75 bits per heavy atom. The largest absolute Gasteiger partial charge is 0.480 e. The number of rotatable bonds is 7. The number of nitrogens with one attached hydrogen (secondary N) is 2. The number of halogens is 1. The molecule has 28 heavy (non-hydrogen) atoms. The van der Waals surface area contributed by atoms with Crippen molar-refractivity contribution >= 4 is 35.9 Å². The average molecular weight is 411 g/mol. The first-order valence-electron chi connectivity index (χ1n) is 9.35. The van der Waals surface area contributed by atoms with E-state index in [9.17, 15) is 14.4 Å². The highest BCUT2D eigenvalue weighted by molar-refractivity contribution is 6.01. The summed E-state index contributed by atoms with van der Waals surface area (Å²) in [6.07, 6.45) is 1.80. The fourth-order valence-corrected chi connectivity index (χ4v) is 3.45. The number of piperidine rings is 1. The molecule has 1 unspecified atom stereocenters. The summed E-state index contributed by atoms with van der Waals surface area (Å²) in [4.78, 5) is 38.1. The van der Waals surface area contributed by atoms with Crippen LogP contribution in [0.15, 0.2) is 24.3 Å². The molecule has 0 aliphatic carbocycles. The lowest BCUT2D eigenvalue weighted by Gasteiger charge is -2.33. The number of carboxylic acid groups (broad SMARTS) is 1. The van der Waals surface area contributed by atoms with Gasteiger partial charge in [-0.05, 0) is 30.5 Å². The monoisotopic (exact) mass is 410 g/mol. The summed E-state index contributed by atoms with van der Waals surface area (Å²) in [5, 5.41) is 14.4. The number of carboxylic acids is 1. The second-order valence-electron chi connectivity index (χ2n) is 7.11. The zero-order valence-corrected chi connectivity index (χ0v) is 16.5. The van der Waals surface area contributed by atoms with Crippen LogP contribution in [-0.2, 0) is 20.8 Å². The average Bonchev–Trinajstić information content (AvgIpc) is 2.64. The number of amides is 2. The van der Waals surface area contributed by atoms with Crippen molar-refractivity contribution < 1.29 is 19.5 Å². The lowest BCUT2D eigenvalue weighted by molar-refractivity contribution is -0.139. The van der Waals surface area contributed by atoms with Crippen molar-refractivity contribution in [2.45, 2.75) is 25.3 Å². The first kappa shape index (κ1) is 22.1. The number of piperazine rings is 1. The standard InChI is InChI=1S/C19H26N4O4.ClH/c24-17-6-5-16(19(27)21-17)20-15-3-1-14(2-4-15)7-8-22-9-11-23(12-10-22)13-18(25)26;/h1-4,16,20H,5-13H2,(H,25,26)(H,21,24,27);1H. The van der Waals surface area contributed by atoms with Crippen molar-refractivity contribution in [3.63, 3.8) is 0 Å². The minimum Gasteiger partial charge on any atom is -0.480 e. The van der Waals surface area contributed by atoms with Gasteiger partial charge in [0, 0.05) is 44.8 Å². The van der Waals surface area contributed by atoms with Gasteiger partial charge in [-0.3, -0.25) is 24.6 Å². The Bertz CT molecular complexity index is 690. The van der Waals surface area contributed by atoms with Crippen molar-refractivity contribution in [2.24, 2.45) is 0 Å². The van der Waals surface area contributed by atoms with Crippen molar-refractivity contribution in [2.75, 3.05) is 44.6 Å². The molecule has 2 saturated heterocycles. The Kier molecular flexibility index (Phi) is 8.22. The Labute approximate surface area is 170 Å². The van der Waals surface area contributed by atoms with E-state index in [-0.39, 0.29) is 36.8 Å². The quantitative estimate of drug-likeness (QED) is 0.565. The molecule has 2 heterocycles. The smallest absolute Gasteiger partial charge is 0.317 e. The molecule has 1 atom stereocenters. The van der Waals surface area contributed by atoms with E-state index >= 15 is 0 Å². The van der Waals surface area contributed by atoms with E-state index in [2.05, 4.69) is 27.7 Å². The van der Waals surface area contributed by atoms with E-state index in [1.54, 1.807) is 0 Å². The third kappa shape index (κ3) is 6.47. The second-order valence-corrected chi connectivity index (χ2v) is 7.11. The van der Waals surface area contributed by atoms with Crippen LogP contribution < -0.4 is 10.6 Å². The van der Waals surface area contributed by atoms with Crippen LogP contribution in [0.2, 0.25) is 0 Å². The number of imide groups is 1. The molecule has 0 aromatic heterocycles. The number of nitrogens with zero attached hydrogens (tertiary/aromatic N) is 2. The first-order chi connectivity index (χ1) is 13.0. The van der Waals surface area contributed by atoms with Gasteiger partial charge in [-0.15, -0.1) is 12.4 Å². The lowest BCUT2D eigenvalue weighted by Crippen LogP contribution is -2.48. The number of carbonyl (C=O) groups is 3. The predicted octanol–water partition coefficient (Wildman–Crippen LogP) is 0.570. The van der Waals surface area contributed by atoms with Crippen LogP contribution in [0, 0.1) is 0 Å². The molecule has 2 amide bonds. The van der Waals surface area contributed by atoms with E-state index < -0.39 is 5.97 Å². The minimum absolute atomic E-state index is 0. The zero-order valence-electron chi connectivity index (χ0n) is 15.7. The Balaban J connectivity index is 0.00000280. The predicted molar refractivity (Wildman–Crippen MR) is 108 cm³/mol. The molecule has 8 nitrogen and oxygen atoms in total. The van der Waals surface area contributed by atoms with Crippen molar-refractivity contribution in [3.05, 3.63) is 29.8 Å². The third-order valence-corrected chi connectivity index (χ3v) is 5.07. The Morgan fingerprint density at radius 3 is 2.36 bits per heavy atom. The van der Waals surface area contributed by atoms with Gasteiger partial charge in [0.25, 0.3) is 0 Å². The van der Waals surface area contributed by atoms with Crippen LogP contribution in [0.5, 0.6) is 0 Å². The molecule has 3 N–H and O–H groups in total. The van der Waals surface area contributed by atoms with E-state index in [1.165, 1.54) is 5.56 Å². The molecule has 9 heteroatoms. The van der Waals surface area contributed by atoms with Gasteiger partial charge in [0.1, 0.15) is 6.04 Å². The van der Waals surface area contributed by atoms with Crippen LogP contribution in [0.1, 0.15) is 18.4 Å². The number of aliphatic carboxylic acids is 1. The molecule has 0 radical (unpaired) electrons. The van der Waals surface area contributed by atoms with E-state index in [1.807, 2.05) is 17.0 Å². The maximum absolute atomic E-state index is 11.8. The van der Waals surface area contributed by atoms with E-state index in [0.29, 0.717) is 12.8 Å². The van der Waals surface area contributed by atoms with Crippen LogP contribution in [0.3, 0.4) is 0 Å². The molecule has 0 spiro atoms. The van der Waals surface area contributed by atoms with E-state index in [0.717, 1.165) is 44.8 Å². The van der Waals surface area contributed by atoms with Crippen LogP contribution >= 0.6 is 12.4 Å².